The van der Waals surface area contributed by atoms with Crippen molar-refractivity contribution in [3.05, 3.63) is 24.2 Å². The molecule has 2 aliphatic rings. The molecule has 2 aromatic rings. The maximum absolute atomic E-state index is 4.68. The van der Waals surface area contributed by atoms with Crippen LogP contribution in [0.25, 0.3) is 10.9 Å². The predicted molar refractivity (Wildman–Crippen MR) is 92.6 cm³/mol. The number of rotatable bonds is 2. The predicted octanol–water partition coefficient (Wildman–Crippen LogP) is 2.47. The third-order valence-electron chi connectivity index (χ3n) is 5.79. The number of hydrogen-bond donors (Lipinski definition) is 0. The molecule has 0 amide bonds. The summed E-state index contributed by atoms with van der Waals surface area (Å²) in [5.41, 5.74) is 2.33. The van der Waals surface area contributed by atoms with Crippen molar-refractivity contribution in [3.63, 3.8) is 0 Å². The Morgan fingerprint density at radius 2 is 1.70 bits per heavy atom. The van der Waals surface area contributed by atoms with Crippen molar-refractivity contribution in [2.75, 3.05) is 33.2 Å². The van der Waals surface area contributed by atoms with Gasteiger partial charge >= 0.3 is 0 Å². The van der Waals surface area contributed by atoms with Crippen LogP contribution in [0.2, 0.25) is 0 Å². The molecule has 3 heterocycles. The lowest BCUT2D eigenvalue weighted by atomic mass is 9.89. The highest BCUT2D eigenvalue weighted by Gasteiger charge is 2.29. The minimum Gasteiger partial charge on any atom is -0.304 e. The Bertz CT molecular complexity index is 663. The van der Waals surface area contributed by atoms with Crippen LogP contribution in [0.4, 0.5) is 0 Å². The Balaban J connectivity index is 1.44. The summed E-state index contributed by atoms with van der Waals surface area (Å²) in [6, 6.07) is 3.45. The van der Waals surface area contributed by atoms with E-state index < -0.39 is 0 Å². The van der Waals surface area contributed by atoms with Gasteiger partial charge in [-0.25, -0.2) is 0 Å². The van der Waals surface area contributed by atoms with E-state index in [1.165, 1.54) is 62.8 Å². The number of hydrogen-bond acceptors (Lipinski definition) is 4. The van der Waals surface area contributed by atoms with Crippen LogP contribution in [0.5, 0.6) is 0 Å². The van der Waals surface area contributed by atoms with Crippen LogP contribution in [-0.2, 0) is 0 Å². The smallest absolute Gasteiger partial charge is 0.0719 e. The monoisotopic (exact) mass is 313 g/mol. The fourth-order valence-electron chi connectivity index (χ4n) is 4.25. The second-order valence-electron chi connectivity index (χ2n) is 7.22. The summed E-state index contributed by atoms with van der Waals surface area (Å²) in [6.45, 7) is 6.98. The van der Waals surface area contributed by atoms with Gasteiger partial charge in [-0.15, -0.1) is 0 Å². The normalized spacial score (nSPS) is 27.6. The molecule has 0 atom stereocenters. The highest BCUT2D eigenvalue weighted by molar-refractivity contribution is 5.80. The Hall–Kier alpha value is -1.46. The Kier molecular flexibility index (Phi) is 4.07. The van der Waals surface area contributed by atoms with E-state index >= 15 is 0 Å². The molecule has 5 heteroatoms. The molecule has 0 radical (unpaired) electrons. The van der Waals surface area contributed by atoms with Gasteiger partial charge in [-0.05, 0) is 45.7 Å². The van der Waals surface area contributed by atoms with E-state index in [1.807, 2.05) is 12.4 Å². The molecule has 124 valence electrons. The van der Waals surface area contributed by atoms with Crippen molar-refractivity contribution in [1.82, 2.24) is 24.6 Å². The van der Waals surface area contributed by atoms with Crippen LogP contribution in [0.3, 0.4) is 0 Å². The van der Waals surface area contributed by atoms with E-state index in [0.29, 0.717) is 6.04 Å². The maximum atomic E-state index is 4.68. The van der Waals surface area contributed by atoms with Gasteiger partial charge in [0.2, 0.25) is 0 Å². The molecule has 0 spiro atoms. The number of aryl methyl sites for hydroxylation is 1. The third-order valence-corrected chi connectivity index (χ3v) is 5.79. The molecule has 1 aliphatic carbocycles. The lowest BCUT2D eigenvalue weighted by Gasteiger charge is -2.41. The molecular formula is C18H27N5. The van der Waals surface area contributed by atoms with Gasteiger partial charge in [0.25, 0.3) is 0 Å². The summed E-state index contributed by atoms with van der Waals surface area (Å²) >= 11 is 0. The zero-order valence-electron chi connectivity index (χ0n) is 14.3. The van der Waals surface area contributed by atoms with Crippen molar-refractivity contribution in [2.24, 2.45) is 0 Å². The Morgan fingerprint density at radius 3 is 2.43 bits per heavy atom. The van der Waals surface area contributed by atoms with E-state index in [2.05, 4.69) is 44.6 Å². The number of nitrogens with zero attached hydrogens (tertiary/aromatic N) is 5. The average molecular weight is 313 g/mol. The number of pyridine rings is 1. The zero-order valence-corrected chi connectivity index (χ0v) is 14.3. The summed E-state index contributed by atoms with van der Waals surface area (Å²) in [5.74, 6) is 0. The lowest BCUT2D eigenvalue weighted by Crippen LogP contribution is -2.49. The zero-order chi connectivity index (χ0) is 15.8. The minimum atomic E-state index is 0.554. The molecule has 0 N–H and O–H groups in total. The van der Waals surface area contributed by atoms with Crippen LogP contribution in [0.15, 0.2) is 18.5 Å². The van der Waals surface area contributed by atoms with E-state index in [1.54, 1.807) is 0 Å². The Morgan fingerprint density at radius 1 is 1.00 bits per heavy atom. The van der Waals surface area contributed by atoms with Gasteiger partial charge < -0.3 is 4.90 Å². The molecule has 2 aromatic heterocycles. The van der Waals surface area contributed by atoms with Crippen LogP contribution in [0, 0.1) is 6.92 Å². The summed E-state index contributed by atoms with van der Waals surface area (Å²) < 4.78 is 2.25. The number of piperazine rings is 1. The summed E-state index contributed by atoms with van der Waals surface area (Å²) in [7, 11) is 2.23. The first kappa shape index (κ1) is 15.1. The van der Waals surface area contributed by atoms with Crippen LogP contribution < -0.4 is 0 Å². The van der Waals surface area contributed by atoms with Gasteiger partial charge in [0.15, 0.2) is 0 Å². The number of fused-ring (bicyclic) bond motifs is 1. The topological polar surface area (TPSA) is 37.2 Å². The first-order valence-corrected chi connectivity index (χ1v) is 8.94. The highest BCUT2D eigenvalue weighted by atomic mass is 15.3. The fraction of sp³-hybridized carbons (Fsp3) is 0.667. The molecule has 1 saturated carbocycles. The van der Waals surface area contributed by atoms with Crippen LogP contribution in [0.1, 0.15) is 37.4 Å². The minimum absolute atomic E-state index is 0.554. The van der Waals surface area contributed by atoms with Gasteiger partial charge in [0.1, 0.15) is 0 Å². The molecule has 4 rings (SSSR count). The second-order valence-corrected chi connectivity index (χ2v) is 7.22. The van der Waals surface area contributed by atoms with Crippen molar-refractivity contribution in [2.45, 2.75) is 44.7 Å². The maximum Gasteiger partial charge on any atom is 0.0719 e. The lowest BCUT2D eigenvalue weighted by molar-refractivity contribution is 0.0816. The van der Waals surface area contributed by atoms with Crippen LogP contribution >= 0.6 is 0 Å². The quantitative estimate of drug-likeness (QED) is 0.853. The van der Waals surface area contributed by atoms with Gasteiger partial charge in [-0.1, -0.05) is 0 Å². The third kappa shape index (κ3) is 2.88. The summed E-state index contributed by atoms with van der Waals surface area (Å²) in [4.78, 5) is 9.53. The average Bonchev–Trinajstić information content (AvgIpc) is 3.01. The summed E-state index contributed by atoms with van der Waals surface area (Å²) in [5, 5.41) is 5.89. The van der Waals surface area contributed by atoms with Crippen molar-refractivity contribution in [1.29, 1.82) is 0 Å². The largest absolute Gasteiger partial charge is 0.304 e. The van der Waals surface area contributed by atoms with Gasteiger partial charge in [-0.3, -0.25) is 14.6 Å². The molecule has 0 bridgehead atoms. The second kappa shape index (κ2) is 6.21. The van der Waals surface area contributed by atoms with Gasteiger partial charge in [0, 0.05) is 49.5 Å². The molecule has 2 fully saturated rings. The molecule has 5 nitrogen and oxygen atoms in total. The Labute approximate surface area is 138 Å². The molecule has 0 unspecified atom stereocenters. The first-order chi connectivity index (χ1) is 11.2. The molecule has 1 saturated heterocycles. The molecule has 0 aromatic carbocycles. The van der Waals surface area contributed by atoms with Gasteiger partial charge in [0.05, 0.1) is 17.8 Å². The van der Waals surface area contributed by atoms with E-state index in [4.69, 9.17) is 0 Å². The first-order valence-electron chi connectivity index (χ1n) is 8.94. The van der Waals surface area contributed by atoms with Crippen molar-refractivity contribution in [3.8, 4) is 0 Å². The van der Waals surface area contributed by atoms with E-state index in [9.17, 15) is 0 Å². The van der Waals surface area contributed by atoms with Crippen LogP contribution in [-0.4, -0.2) is 63.8 Å². The molecular weight excluding hydrogens is 286 g/mol. The van der Waals surface area contributed by atoms with Crippen molar-refractivity contribution >= 4 is 10.9 Å². The van der Waals surface area contributed by atoms with E-state index in [-0.39, 0.29) is 0 Å². The number of aromatic nitrogens is 3. The highest BCUT2D eigenvalue weighted by Crippen LogP contribution is 2.33. The molecule has 23 heavy (non-hydrogen) atoms. The fourth-order valence-corrected chi connectivity index (χ4v) is 4.25. The van der Waals surface area contributed by atoms with Crippen molar-refractivity contribution < 1.29 is 0 Å². The SMILES string of the molecule is Cc1nccc2c1cnn2C1CCC(N2CCN(C)CC2)CC1. The van der Waals surface area contributed by atoms with E-state index in [0.717, 1.165) is 11.7 Å². The van der Waals surface area contributed by atoms with Gasteiger partial charge in [-0.2, -0.15) is 5.10 Å². The molecule has 1 aliphatic heterocycles. The standard InChI is InChI=1S/C18H27N5/c1-14-17-13-20-23(18(17)7-8-19-14)16-5-3-15(4-6-16)22-11-9-21(2)10-12-22/h7-8,13,15-16H,3-6,9-12H2,1-2H3. The number of likely N-dealkylation sites (N-methyl/N-ethyl adjacent to an activating group) is 1. The summed E-state index contributed by atoms with van der Waals surface area (Å²) in [6.07, 6.45) is 9.00.